The smallest absolute Gasteiger partial charge is 0.267 e. The van der Waals surface area contributed by atoms with Gasteiger partial charge >= 0.3 is 0 Å². The first-order chi connectivity index (χ1) is 11.7. The van der Waals surface area contributed by atoms with Gasteiger partial charge in [-0.15, -0.1) is 0 Å². The van der Waals surface area contributed by atoms with E-state index < -0.39 is 5.91 Å². The molecule has 2 aromatic carbocycles. The molecule has 0 aromatic heterocycles. The summed E-state index contributed by atoms with van der Waals surface area (Å²) in [6, 6.07) is 18.9. The fourth-order valence-corrected chi connectivity index (χ4v) is 2.12. The summed E-state index contributed by atoms with van der Waals surface area (Å²) in [5.74, 6) is 0.0642. The van der Waals surface area contributed by atoms with E-state index in [1.165, 1.54) is 18.9 Å². The molecule has 122 valence electrons. The highest BCUT2D eigenvalue weighted by atomic mass is 16.5. The van der Waals surface area contributed by atoms with Crippen LogP contribution in [-0.4, -0.2) is 19.6 Å². The Bertz CT molecular complexity index is 749. The lowest BCUT2D eigenvalue weighted by molar-refractivity contribution is -0.112. The van der Waals surface area contributed by atoms with Crippen molar-refractivity contribution in [3.05, 3.63) is 71.9 Å². The summed E-state index contributed by atoms with van der Waals surface area (Å²) in [5.41, 5.74) is 1.72. The van der Waals surface area contributed by atoms with Gasteiger partial charge in [0.25, 0.3) is 5.91 Å². The van der Waals surface area contributed by atoms with Crippen LogP contribution in [0.1, 0.15) is 5.56 Å². The Balaban J connectivity index is 1.92. The molecule has 1 amide bonds. The van der Waals surface area contributed by atoms with E-state index in [-0.39, 0.29) is 5.57 Å². The molecule has 5 heteroatoms. The van der Waals surface area contributed by atoms with Crippen LogP contribution >= 0.6 is 0 Å². The van der Waals surface area contributed by atoms with Gasteiger partial charge in [0.05, 0.1) is 12.8 Å². The number of nitrogens with one attached hydrogen (secondary N) is 2. The van der Waals surface area contributed by atoms with E-state index in [4.69, 9.17) is 10.00 Å². The van der Waals surface area contributed by atoms with Crippen LogP contribution in [0.3, 0.4) is 0 Å². The Morgan fingerprint density at radius 1 is 1.17 bits per heavy atom. The highest BCUT2D eigenvalue weighted by Crippen LogP contribution is 2.23. The van der Waals surface area contributed by atoms with Crippen LogP contribution in [0.25, 0.3) is 0 Å². The van der Waals surface area contributed by atoms with Crippen molar-refractivity contribution >= 4 is 11.6 Å². The molecule has 0 spiro atoms. The van der Waals surface area contributed by atoms with Gasteiger partial charge in [0.1, 0.15) is 17.4 Å². The van der Waals surface area contributed by atoms with Gasteiger partial charge in [0.15, 0.2) is 0 Å². The van der Waals surface area contributed by atoms with Crippen LogP contribution < -0.4 is 15.4 Å². The third-order valence-electron chi connectivity index (χ3n) is 3.37. The first-order valence-electron chi connectivity index (χ1n) is 7.56. The number of para-hydroxylation sites is 2. The van der Waals surface area contributed by atoms with E-state index >= 15 is 0 Å². The van der Waals surface area contributed by atoms with Crippen molar-refractivity contribution in [1.29, 1.82) is 5.26 Å². The zero-order valence-corrected chi connectivity index (χ0v) is 13.5. The number of ether oxygens (including phenoxy) is 1. The Hall–Kier alpha value is -3.26. The highest BCUT2D eigenvalue weighted by Gasteiger charge is 2.11. The number of nitriles is 1. The third kappa shape index (κ3) is 4.89. The molecule has 0 radical (unpaired) electrons. The zero-order valence-electron chi connectivity index (χ0n) is 13.5. The van der Waals surface area contributed by atoms with Gasteiger partial charge in [0.2, 0.25) is 0 Å². The Kier molecular flexibility index (Phi) is 6.42. The second-order valence-corrected chi connectivity index (χ2v) is 5.01. The van der Waals surface area contributed by atoms with Crippen molar-refractivity contribution in [2.45, 2.75) is 6.42 Å². The minimum Gasteiger partial charge on any atom is -0.495 e. The number of anilines is 1. The second kappa shape index (κ2) is 9.01. The SMILES string of the molecule is COc1ccccc1NC(=O)/C(C#N)=C\NCCc1ccccc1. The normalized spacial score (nSPS) is 10.6. The van der Waals surface area contributed by atoms with E-state index in [9.17, 15) is 4.79 Å². The maximum Gasteiger partial charge on any atom is 0.267 e. The van der Waals surface area contributed by atoms with Crippen LogP contribution in [0.2, 0.25) is 0 Å². The molecule has 0 bridgehead atoms. The lowest BCUT2D eigenvalue weighted by Crippen LogP contribution is -2.18. The van der Waals surface area contributed by atoms with Crippen molar-refractivity contribution in [3.63, 3.8) is 0 Å². The number of carbonyl (C=O) groups is 1. The first kappa shape index (κ1) is 17.1. The van der Waals surface area contributed by atoms with E-state index in [2.05, 4.69) is 10.6 Å². The molecule has 0 aliphatic carbocycles. The Labute approximate surface area is 141 Å². The quantitative estimate of drug-likeness (QED) is 0.467. The van der Waals surface area contributed by atoms with Crippen molar-refractivity contribution in [2.75, 3.05) is 19.0 Å². The van der Waals surface area contributed by atoms with Gasteiger partial charge in [-0.25, -0.2) is 0 Å². The maximum atomic E-state index is 12.2. The van der Waals surface area contributed by atoms with Gasteiger partial charge in [-0.1, -0.05) is 42.5 Å². The van der Waals surface area contributed by atoms with E-state index in [0.29, 0.717) is 18.0 Å². The molecule has 24 heavy (non-hydrogen) atoms. The van der Waals surface area contributed by atoms with E-state index in [1.54, 1.807) is 24.3 Å². The average Bonchev–Trinajstić information content (AvgIpc) is 2.63. The average molecular weight is 321 g/mol. The summed E-state index contributed by atoms with van der Waals surface area (Å²) in [7, 11) is 1.52. The Morgan fingerprint density at radius 3 is 2.58 bits per heavy atom. The molecule has 0 aliphatic rings. The number of rotatable bonds is 7. The minimum atomic E-state index is -0.478. The van der Waals surface area contributed by atoms with Gasteiger partial charge in [-0.3, -0.25) is 4.79 Å². The number of benzene rings is 2. The summed E-state index contributed by atoms with van der Waals surface area (Å²) in [6.45, 7) is 0.636. The molecule has 0 heterocycles. The standard InChI is InChI=1S/C19H19N3O2/c1-24-18-10-6-5-9-17(18)22-19(23)16(13-20)14-21-12-11-15-7-3-2-4-8-15/h2-10,14,21H,11-12H2,1H3,(H,22,23)/b16-14-. The van der Waals surface area contributed by atoms with E-state index in [1.807, 2.05) is 36.4 Å². The molecular weight excluding hydrogens is 302 g/mol. The third-order valence-corrected chi connectivity index (χ3v) is 3.37. The number of hydrogen-bond donors (Lipinski definition) is 2. The van der Waals surface area contributed by atoms with Crippen molar-refractivity contribution in [1.82, 2.24) is 5.32 Å². The van der Waals surface area contributed by atoms with Gasteiger partial charge in [-0.2, -0.15) is 5.26 Å². The lowest BCUT2D eigenvalue weighted by atomic mass is 10.1. The van der Waals surface area contributed by atoms with Crippen molar-refractivity contribution in [2.24, 2.45) is 0 Å². The summed E-state index contributed by atoms with van der Waals surface area (Å²) in [4.78, 5) is 12.2. The molecule has 0 aliphatic heterocycles. The highest BCUT2D eigenvalue weighted by molar-refractivity contribution is 6.07. The summed E-state index contributed by atoms with van der Waals surface area (Å²) < 4.78 is 5.17. The van der Waals surface area contributed by atoms with Gasteiger partial charge < -0.3 is 15.4 Å². The van der Waals surface area contributed by atoms with Crippen LogP contribution in [0, 0.1) is 11.3 Å². The number of amides is 1. The molecule has 0 fully saturated rings. The van der Waals surface area contributed by atoms with Crippen LogP contribution in [0.4, 0.5) is 5.69 Å². The van der Waals surface area contributed by atoms with Crippen molar-refractivity contribution < 1.29 is 9.53 Å². The summed E-state index contributed by atoms with van der Waals surface area (Å²) in [5, 5.41) is 14.8. The monoisotopic (exact) mass is 321 g/mol. The first-order valence-corrected chi connectivity index (χ1v) is 7.56. The van der Waals surface area contributed by atoms with Gasteiger partial charge in [0, 0.05) is 12.7 Å². The van der Waals surface area contributed by atoms with Crippen LogP contribution in [0.15, 0.2) is 66.4 Å². The largest absolute Gasteiger partial charge is 0.495 e. The molecule has 2 aromatic rings. The molecular formula is C19H19N3O2. The molecule has 0 saturated carbocycles. The number of hydrogen-bond acceptors (Lipinski definition) is 4. The molecule has 5 nitrogen and oxygen atoms in total. The maximum absolute atomic E-state index is 12.2. The van der Waals surface area contributed by atoms with E-state index in [0.717, 1.165) is 6.42 Å². The van der Waals surface area contributed by atoms with Crippen LogP contribution in [0.5, 0.6) is 5.75 Å². The Morgan fingerprint density at radius 2 is 1.88 bits per heavy atom. The van der Waals surface area contributed by atoms with Gasteiger partial charge in [-0.05, 0) is 24.1 Å². The predicted octanol–water partition coefficient (Wildman–Crippen LogP) is 2.87. The summed E-state index contributed by atoms with van der Waals surface area (Å²) in [6.07, 6.45) is 2.25. The second-order valence-electron chi connectivity index (χ2n) is 5.01. The predicted molar refractivity (Wildman–Crippen MR) is 93.5 cm³/mol. The fraction of sp³-hybridized carbons (Fsp3) is 0.158. The zero-order chi connectivity index (χ0) is 17.2. The number of methoxy groups -OCH3 is 1. The molecule has 2 rings (SSSR count). The topological polar surface area (TPSA) is 74.1 Å². The van der Waals surface area contributed by atoms with Crippen molar-refractivity contribution in [3.8, 4) is 11.8 Å². The fourth-order valence-electron chi connectivity index (χ4n) is 2.12. The minimum absolute atomic E-state index is 0.00830. The molecule has 2 N–H and O–H groups in total. The summed E-state index contributed by atoms with van der Waals surface area (Å²) >= 11 is 0. The molecule has 0 unspecified atom stereocenters. The van der Waals surface area contributed by atoms with Crippen LogP contribution in [-0.2, 0) is 11.2 Å². The lowest BCUT2D eigenvalue weighted by Gasteiger charge is -2.09. The molecule has 0 saturated heterocycles. The number of carbonyl (C=O) groups excluding carboxylic acids is 1. The number of nitrogens with zero attached hydrogens (tertiary/aromatic N) is 1. The molecule has 0 atom stereocenters.